The van der Waals surface area contributed by atoms with Crippen LogP contribution in [-0.4, -0.2) is 121 Å². The van der Waals surface area contributed by atoms with Crippen LogP contribution in [0.4, 0.5) is 0 Å². The normalized spacial score (nSPS) is 24.8. The van der Waals surface area contributed by atoms with Crippen LogP contribution in [0.25, 0.3) is 0 Å². The monoisotopic (exact) mass is 923 g/mol. The van der Waals surface area contributed by atoms with Gasteiger partial charge in [0.05, 0.1) is 27.2 Å². The van der Waals surface area contributed by atoms with Crippen LogP contribution in [0.1, 0.15) is 13.8 Å². The second-order valence-corrected chi connectivity index (χ2v) is 100. The molecule has 4 nitrogen and oxygen atoms in total. The molecule has 26 heavy (non-hydrogen) atoms. The molecule has 0 bridgehead atoms. The van der Waals surface area contributed by atoms with Gasteiger partial charge in [-0.15, -0.1) is 0 Å². The van der Waals surface area contributed by atoms with E-state index in [-0.39, 0.29) is 0 Å². The predicted molar refractivity (Wildman–Crippen MR) is 122 cm³/mol. The molecule has 148 valence electrons. The van der Waals surface area contributed by atoms with Gasteiger partial charge in [0.2, 0.25) is 12.7 Å². The van der Waals surface area contributed by atoms with Gasteiger partial charge >= 0.3 is 115 Å². The summed E-state index contributed by atoms with van der Waals surface area (Å²) in [7, 11) is 4.04. The van der Waals surface area contributed by atoms with Crippen LogP contribution >= 0.6 is 3.15 Å². The fourth-order valence-corrected chi connectivity index (χ4v) is 262. The van der Waals surface area contributed by atoms with E-state index < -0.39 is 3.15 Å². The number of hydrogen-bond donors (Lipinski definition) is 0. The number of hydrogen-bond acceptors (Lipinski definition) is 0. The van der Waals surface area contributed by atoms with E-state index in [2.05, 4.69) is 109 Å². The Balaban J connectivity index is 0.000000197. The van der Waals surface area contributed by atoms with Gasteiger partial charge in [-0.3, -0.25) is 0 Å². The Morgan fingerprint density at radius 2 is 1.12 bits per heavy atom. The van der Waals surface area contributed by atoms with Gasteiger partial charge in [0.15, 0.2) is 0 Å². The van der Waals surface area contributed by atoms with Gasteiger partial charge in [-0.1, -0.05) is 0 Å². The summed E-state index contributed by atoms with van der Waals surface area (Å²) in [4.78, 5) is 0. The number of nitrogens with zero attached hydrogens (tertiary/aromatic N) is 4. The first-order valence-corrected chi connectivity index (χ1v) is 37.4. The molecular weight excluding hydrogens is 894 g/mol. The second kappa shape index (κ2) is 13.8. The van der Waals surface area contributed by atoms with Gasteiger partial charge in [0.25, 0.3) is 0 Å². The number of aromatic nitrogens is 4. The summed E-state index contributed by atoms with van der Waals surface area (Å²) >= 11 is 17.6. The molecule has 14 heteroatoms. The van der Waals surface area contributed by atoms with Crippen molar-refractivity contribution in [2.24, 2.45) is 14.1 Å². The fourth-order valence-electron chi connectivity index (χ4n) is 1.57. The van der Waals surface area contributed by atoms with E-state index in [1.54, 1.807) is 0 Å². The van der Waals surface area contributed by atoms with E-state index in [1.807, 2.05) is 35.6 Å². The first kappa shape index (κ1) is 27.5. The van der Waals surface area contributed by atoms with Crippen LogP contribution in [0.2, 0.25) is 0 Å². The molecule has 0 aromatic carbocycles. The Morgan fingerprint density at radius 3 is 1.27 bits per heavy atom. The first-order valence-electron chi connectivity index (χ1n) is 7.47. The summed E-state index contributed by atoms with van der Waals surface area (Å²) < 4.78 is 7.32. The van der Waals surface area contributed by atoms with Gasteiger partial charge in [-0.05, 0) is 13.8 Å². The summed E-state index contributed by atoms with van der Waals surface area (Å²) in [5.74, 6) is 0. The van der Waals surface area contributed by atoms with Crippen molar-refractivity contribution in [2.45, 2.75) is 26.9 Å². The summed E-state index contributed by atoms with van der Waals surface area (Å²) in [6, 6.07) is 0. The molecule has 0 spiro atoms. The molecule has 0 unspecified atom stereocenters. The SMILES string of the molecule is CCn1cc[n+](C)c1.CCn1cc[n+](C)c1.[Se]=P1([Se-])[Se][Se]P(=[Se])([Se-])[Se][Se]1. The van der Waals surface area contributed by atoms with Crippen LogP contribution < -0.4 is 9.13 Å². The Bertz CT molecular complexity index is 697. The van der Waals surface area contributed by atoms with Crippen LogP contribution in [0.15, 0.2) is 37.4 Å². The standard InChI is InChI=1S/2C6H11N2.H2P2Se8/c2*1-3-8-5-4-7(2)6-8;3-1(4)7-9-2(5,6)10-8-1/h2*4-6H,3H2,1-2H3;(H,3,4)(H,5,6)/q2*+1;/p-2. The molecule has 3 heterocycles. The van der Waals surface area contributed by atoms with Crippen LogP contribution in [-0.2, 0) is 27.2 Å². The molecule has 1 saturated heterocycles. The summed E-state index contributed by atoms with van der Waals surface area (Å²) in [5, 5.41) is 0. The van der Waals surface area contributed by atoms with E-state index in [1.165, 1.54) is 0 Å². The number of aryl methyl sites for hydroxylation is 4. The zero-order valence-corrected chi connectivity index (χ0v) is 30.3. The molecular formula is C12H22N4P2Se8. The zero-order valence-electron chi connectivity index (χ0n) is 14.8. The third-order valence-corrected chi connectivity index (χ3v) is 172. The van der Waals surface area contributed by atoms with Gasteiger partial charge in [0.1, 0.15) is 24.8 Å². The van der Waals surface area contributed by atoms with Crippen molar-refractivity contribution in [2.75, 3.05) is 0 Å². The maximum atomic E-state index is 3.43. The fraction of sp³-hybridized carbons (Fsp3) is 0.500. The Kier molecular flexibility index (Phi) is 14.5. The molecule has 1 fully saturated rings. The molecule has 0 atom stereocenters. The van der Waals surface area contributed by atoms with E-state index >= 15 is 0 Å². The van der Waals surface area contributed by atoms with E-state index in [4.69, 9.17) is 0 Å². The van der Waals surface area contributed by atoms with Crippen molar-refractivity contribution in [3.8, 4) is 0 Å². The second-order valence-electron chi connectivity index (χ2n) is 5.01. The third kappa shape index (κ3) is 12.3. The van der Waals surface area contributed by atoms with Crippen molar-refractivity contribution in [1.29, 1.82) is 0 Å². The first-order chi connectivity index (χ1) is 12.1. The predicted octanol–water partition coefficient (Wildman–Crippen LogP) is -0.659. The molecule has 0 saturated carbocycles. The number of imidazole rings is 2. The Hall–Kier alpha value is 3.44. The van der Waals surface area contributed by atoms with Crippen molar-refractivity contribution >= 4 is 115 Å². The summed E-state index contributed by atoms with van der Waals surface area (Å²) in [6.07, 6.45) is 12.3. The minimum absolute atomic E-state index is 0.498. The van der Waals surface area contributed by atoms with Gasteiger partial charge in [0, 0.05) is 0 Å². The van der Waals surface area contributed by atoms with Crippen molar-refractivity contribution in [3.63, 3.8) is 0 Å². The number of rotatable bonds is 2. The average molecular weight is 916 g/mol. The Labute approximate surface area is 209 Å². The summed E-state index contributed by atoms with van der Waals surface area (Å²) in [5.41, 5.74) is 0. The van der Waals surface area contributed by atoms with Crippen molar-refractivity contribution in [1.82, 2.24) is 9.13 Å². The molecule has 2 aromatic heterocycles. The van der Waals surface area contributed by atoms with Gasteiger partial charge < -0.3 is 0 Å². The maximum absolute atomic E-state index is 3.43. The van der Waals surface area contributed by atoms with Crippen LogP contribution in [0, 0.1) is 0 Å². The van der Waals surface area contributed by atoms with E-state index in [9.17, 15) is 0 Å². The van der Waals surface area contributed by atoms with Crippen molar-refractivity contribution < 1.29 is 9.13 Å². The molecule has 1 aliphatic heterocycles. The van der Waals surface area contributed by atoms with Gasteiger partial charge in [-0.2, -0.15) is 0 Å². The molecule has 0 aliphatic carbocycles. The Morgan fingerprint density at radius 1 is 0.808 bits per heavy atom. The van der Waals surface area contributed by atoms with Crippen molar-refractivity contribution in [3.05, 3.63) is 37.4 Å². The molecule has 0 radical (unpaired) electrons. The quantitative estimate of drug-likeness (QED) is 0.217. The molecule has 2 aromatic rings. The summed E-state index contributed by atoms with van der Waals surface area (Å²) in [6.45, 7) is 6.36. The molecule has 1 aliphatic rings. The minimum atomic E-state index is -0.498. The molecule has 3 rings (SSSR count). The molecule has 0 N–H and O–H groups in total. The topological polar surface area (TPSA) is 17.6 Å². The van der Waals surface area contributed by atoms with E-state index in [0.717, 1.165) is 63.8 Å². The van der Waals surface area contributed by atoms with Gasteiger partial charge in [-0.25, -0.2) is 18.3 Å². The third-order valence-electron chi connectivity index (χ3n) is 2.81. The van der Waals surface area contributed by atoms with E-state index in [0.29, 0.717) is 0 Å². The van der Waals surface area contributed by atoms with Crippen LogP contribution in [0.5, 0.6) is 0 Å². The molecule has 0 amide bonds. The average Bonchev–Trinajstić information content (AvgIpc) is 3.20. The zero-order chi connectivity index (χ0) is 19.8. The van der Waals surface area contributed by atoms with Crippen LogP contribution in [0.3, 0.4) is 0 Å².